The van der Waals surface area contributed by atoms with Crippen molar-refractivity contribution >= 4 is 17.5 Å². The van der Waals surface area contributed by atoms with E-state index in [4.69, 9.17) is 9.57 Å². The van der Waals surface area contributed by atoms with Gasteiger partial charge in [-0.05, 0) is 19.1 Å². The van der Waals surface area contributed by atoms with Crippen molar-refractivity contribution in [1.82, 2.24) is 14.9 Å². The Labute approximate surface area is 144 Å². The monoisotopic (exact) mass is 340 g/mol. The summed E-state index contributed by atoms with van der Waals surface area (Å²) in [5.41, 5.74) is 0.728. The van der Waals surface area contributed by atoms with Crippen molar-refractivity contribution in [2.75, 3.05) is 13.7 Å². The molecule has 0 aliphatic carbocycles. The molecule has 1 unspecified atom stereocenters. The van der Waals surface area contributed by atoms with Crippen LogP contribution >= 0.6 is 0 Å². The summed E-state index contributed by atoms with van der Waals surface area (Å²) in [6.07, 6.45) is 3.64. The lowest BCUT2D eigenvalue weighted by Crippen LogP contribution is -2.49. The second-order valence-electron chi connectivity index (χ2n) is 5.30. The highest BCUT2D eigenvalue weighted by atomic mass is 16.6. The van der Waals surface area contributed by atoms with E-state index in [2.05, 4.69) is 15.1 Å². The number of Topliss-reactive ketones (excluding diaryl/α,β-unsaturated/α-hetero) is 1. The van der Waals surface area contributed by atoms with Gasteiger partial charge >= 0.3 is 0 Å². The van der Waals surface area contributed by atoms with Gasteiger partial charge in [0.05, 0.1) is 25.4 Å². The Kier molecular flexibility index (Phi) is 4.69. The van der Waals surface area contributed by atoms with Crippen LogP contribution in [0.25, 0.3) is 0 Å². The maximum atomic E-state index is 12.7. The van der Waals surface area contributed by atoms with Crippen molar-refractivity contribution in [2.24, 2.45) is 5.16 Å². The van der Waals surface area contributed by atoms with E-state index in [1.807, 2.05) is 0 Å². The maximum Gasteiger partial charge on any atom is 0.272 e. The van der Waals surface area contributed by atoms with Crippen molar-refractivity contribution in [3.05, 3.63) is 54.1 Å². The SMILES string of the molecule is COc1ccccc1C(=O)CN1C(=O)C(C)ON=C1c1cnccn1. The molecule has 2 heterocycles. The molecule has 0 saturated heterocycles. The van der Waals surface area contributed by atoms with Gasteiger partial charge in [0.2, 0.25) is 11.9 Å². The van der Waals surface area contributed by atoms with Gasteiger partial charge in [-0.15, -0.1) is 0 Å². The number of aromatic nitrogens is 2. The van der Waals surface area contributed by atoms with E-state index in [0.29, 0.717) is 17.0 Å². The fraction of sp³-hybridized carbons (Fsp3) is 0.235. The fourth-order valence-electron chi connectivity index (χ4n) is 2.40. The predicted molar refractivity (Wildman–Crippen MR) is 88.2 cm³/mol. The van der Waals surface area contributed by atoms with Gasteiger partial charge in [0.25, 0.3) is 5.91 Å². The molecule has 1 aromatic carbocycles. The fourth-order valence-corrected chi connectivity index (χ4v) is 2.40. The Bertz CT molecular complexity index is 822. The number of hydrogen-bond acceptors (Lipinski definition) is 7. The normalized spacial score (nSPS) is 16.9. The molecule has 1 amide bonds. The third kappa shape index (κ3) is 3.32. The number of nitrogens with zero attached hydrogens (tertiary/aromatic N) is 4. The lowest BCUT2D eigenvalue weighted by molar-refractivity contribution is -0.141. The zero-order valence-corrected chi connectivity index (χ0v) is 13.7. The summed E-state index contributed by atoms with van der Waals surface area (Å²) in [5, 5.41) is 3.94. The van der Waals surface area contributed by atoms with Gasteiger partial charge in [-0.3, -0.25) is 19.5 Å². The molecule has 0 bridgehead atoms. The minimum atomic E-state index is -0.786. The van der Waals surface area contributed by atoms with Crippen LogP contribution in [-0.2, 0) is 9.63 Å². The summed E-state index contributed by atoms with van der Waals surface area (Å²) in [6, 6.07) is 6.84. The number of amidine groups is 1. The Balaban J connectivity index is 1.92. The van der Waals surface area contributed by atoms with Crippen LogP contribution < -0.4 is 4.74 Å². The van der Waals surface area contributed by atoms with E-state index in [9.17, 15) is 9.59 Å². The number of oxime groups is 1. The minimum absolute atomic E-state index is 0.152. The number of rotatable bonds is 5. The molecule has 0 radical (unpaired) electrons. The van der Waals surface area contributed by atoms with Gasteiger partial charge in [-0.2, -0.15) is 0 Å². The second kappa shape index (κ2) is 7.08. The van der Waals surface area contributed by atoms with Crippen molar-refractivity contribution < 1.29 is 19.2 Å². The Morgan fingerprint density at radius 3 is 2.84 bits per heavy atom. The molecular formula is C17H16N4O4. The van der Waals surface area contributed by atoms with E-state index in [0.717, 1.165) is 0 Å². The summed E-state index contributed by atoms with van der Waals surface area (Å²) in [4.78, 5) is 39.7. The molecule has 0 fully saturated rings. The largest absolute Gasteiger partial charge is 0.496 e. The topological polar surface area (TPSA) is 94.0 Å². The minimum Gasteiger partial charge on any atom is -0.496 e. The van der Waals surface area contributed by atoms with E-state index < -0.39 is 6.10 Å². The number of amides is 1. The molecular weight excluding hydrogens is 324 g/mol. The first kappa shape index (κ1) is 16.6. The van der Waals surface area contributed by atoms with Crippen LogP contribution in [0.2, 0.25) is 0 Å². The van der Waals surface area contributed by atoms with Crippen molar-refractivity contribution in [3.63, 3.8) is 0 Å². The number of carbonyl (C=O) groups excluding carboxylic acids is 2. The third-order valence-corrected chi connectivity index (χ3v) is 3.67. The second-order valence-corrected chi connectivity index (χ2v) is 5.30. The van der Waals surface area contributed by atoms with E-state index >= 15 is 0 Å². The highest BCUT2D eigenvalue weighted by Crippen LogP contribution is 2.20. The number of methoxy groups -OCH3 is 1. The van der Waals surface area contributed by atoms with Crippen LogP contribution in [0.1, 0.15) is 23.0 Å². The van der Waals surface area contributed by atoms with Gasteiger partial charge in [-0.1, -0.05) is 17.3 Å². The number of para-hydroxylation sites is 1. The average Bonchev–Trinajstić information content (AvgIpc) is 2.66. The van der Waals surface area contributed by atoms with Gasteiger partial charge in [0, 0.05) is 12.4 Å². The summed E-state index contributed by atoms with van der Waals surface area (Å²) >= 11 is 0. The molecule has 1 aliphatic rings. The maximum absolute atomic E-state index is 12.7. The molecule has 8 nitrogen and oxygen atoms in total. The predicted octanol–water partition coefficient (Wildman–Crippen LogP) is 1.28. The first-order valence-corrected chi connectivity index (χ1v) is 7.59. The van der Waals surface area contributed by atoms with Crippen LogP contribution in [-0.4, -0.2) is 52.2 Å². The molecule has 1 aliphatic heterocycles. The number of carbonyl (C=O) groups is 2. The van der Waals surface area contributed by atoms with Crippen LogP contribution in [0.15, 0.2) is 48.0 Å². The Hall–Kier alpha value is -3.29. The Morgan fingerprint density at radius 2 is 2.12 bits per heavy atom. The molecule has 25 heavy (non-hydrogen) atoms. The molecule has 3 rings (SSSR count). The average molecular weight is 340 g/mol. The van der Waals surface area contributed by atoms with Gasteiger partial charge in [0.15, 0.2) is 5.78 Å². The summed E-state index contributed by atoms with van der Waals surface area (Å²) in [7, 11) is 1.49. The van der Waals surface area contributed by atoms with E-state index in [1.165, 1.54) is 30.6 Å². The lowest BCUT2D eigenvalue weighted by atomic mass is 10.1. The molecule has 2 aromatic rings. The number of ketones is 1. The van der Waals surface area contributed by atoms with Crippen LogP contribution in [0, 0.1) is 0 Å². The highest BCUT2D eigenvalue weighted by Gasteiger charge is 2.34. The molecule has 0 saturated carbocycles. The zero-order chi connectivity index (χ0) is 17.8. The van der Waals surface area contributed by atoms with Gasteiger partial charge in [-0.25, -0.2) is 4.98 Å². The standard InChI is InChI=1S/C17H16N4O4/c1-11-17(23)21(16(20-25-11)13-9-18-7-8-19-13)10-14(22)12-5-3-4-6-15(12)24-2/h3-9,11H,10H2,1-2H3. The van der Waals surface area contributed by atoms with Crippen LogP contribution in [0.4, 0.5) is 0 Å². The van der Waals surface area contributed by atoms with Crippen LogP contribution in [0.5, 0.6) is 5.75 Å². The molecule has 128 valence electrons. The first-order valence-electron chi connectivity index (χ1n) is 7.59. The van der Waals surface area contributed by atoms with E-state index in [-0.39, 0.29) is 24.1 Å². The first-order chi connectivity index (χ1) is 12.1. The molecule has 8 heteroatoms. The Morgan fingerprint density at radius 1 is 1.32 bits per heavy atom. The lowest BCUT2D eigenvalue weighted by Gasteiger charge is -2.28. The summed E-state index contributed by atoms with van der Waals surface area (Å²) in [5.74, 6) is -0.0610. The molecule has 1 aromatic heterocycles. The number of benzene rings is 1. The molecule has 1 atom stereocenters. The number of ether oxygens (including phenoxy) is 1. The summed E-state index contributed by atoms with van der Waals surface area (Å²) in [6.45, 7) is 1.36. The van der Waals surface area contributed by atoms with Gasteiger partial charge in [0.1, 0.15) is 11.4 Å². The summed E-state index contributed by atoms with van der Waals surface area (Å²) < 4.78 is 5.21. The molecule has 0 N–H and O–H groups in total. The van der Waals surface area contributed by atoms with Gasteiger partial charge < -0.3 is 9.57 Å². The number of hydrogen-bond donors (Lipinski definition) is 0. The highest BCUT2D eigenvalue weighted by molar-refractivity contribution is 6.12. The van der Waals surface area contributed by atoms with Crippen LogP contribution in [0.3, 0.4) is 0 Å². The zero-order valence-electron chi connectivity index (χ0n) is 13.7. The smallest absolute Gasteiger partial charge is 0.272 e. The third-order valence-electron chi connectivity index (χ3n) is 3.67. The van der Waals surface area contributed by atoms with E-state index in [1.54, 1.807) is 31.2 Å². The quantitative estimate of drug-likeness (QED) is 0.761. The van der Waals surface area contributed by atoms with Crippen molar-refractivity contribution in [1.29, 1.82) is 0 Å². The molecule has 0 spiro atoms. The van der Waals surface area contributed by atoms with Crippen molar-refractivity contribution in [3.8, 4) is 5.75 Å². The van der Waals surface area contributed by atoms with Crippen molar-refractivity contribution in [2.45, 2.75) is 13.0 Å².